The Labute approximate surface area is 219 Å². The quantitative estimate of drug-likeness (QED) is 0.386. The summed E-state index contributed by atoms with van der Waals surface area (Å²) in [5.41, 5.74) is 0.0477. The van der Waals surface area contributed by atoms with Gasteiger partial charge in [0.05, 0.1) is 22.6 Å². The first-order chi connectivity index (χ1) is 17.7. The van der Waals surface area contributed by atoms with E-state index in [1.165, 1.54) is 35.9 Å². The van der Waals surface area contributed by atoms with Gasteiger partial charge in [-0.05, 0) is 31.2 Å². The molecule has 1 aliphatic rings. The van der Waals surface area contributed by atoms with E-state index in [0.717, 1.165) is 10.5 Å². The number of nitrogens with zero attached hydrogens (tertiary/aromatic N) is 5. The second kappa shape index (κ2) is 10.4. The van der Waals surface area contributed by atoms with Crippen LogP contribution in [0.1, 0.15) is 24.5 Å². The van der Waals surface area contributed by atoms with Crippen LogP contribution in [0.15, 0.2) is 54.9 Å². The summed E-state index contributed by atoms with van der Waals surface area (Å²) in [6.45, 7) is 1.83. The number of aromatic nitrogens is 2. The predicted molar refractivity (Wildman–Crippen MR) is 139 cm³/mol. The number of carbonyl (C=O) groups excluding carboxylic acids is 3. The lowest BCUT2D eigenvalue weighted by molar-refractivity contribution is -0.133. The van der Waals surface area contributed by atoms with Gasteiger partial charge in [0, 0.05) is 50.9 Å². The van der Waals surface area contributed by atoms with E-state index in [4.69, 9.17) is 11.6 Å². The van der Waals surface area contributed by atoms with Crippen molar-refractivity contribution in [2.24, 2.45) is 7.05 Å². The number of anilines is 2. The van der Waals surface area contributed by atoms with E-state index in [2.05, 4.69) is 16.9 Å². The number of aryl methyl sites for hydroxylation is 1. The van der Waals surface area contributed by atoms with Gasteiger partial charge in [-0.25, -0.2) is 9.18 Å². The molecule has 37 heavy (non-hydrogen) atoms. The number of amides is 3. The molecular weight excluding hydrogens is 497 g/mol. The Bertz CT molecular complexity index is 1390. The summed E-state index contributed by atoms with van der Waals surface area (Å²) in [6, 6.07) is 11.3. The lowest BCUT2D eigenvalue weighted by Crippen LogP contribution is -2.68. The molecule has 4 rings (SSSR count). The van der Waals surface area contributed by atoms with Crippen molar-refractivity contribution in [1.29, 1.82) is 0 Å². The van der Waals surface area contributed by atoms with Gasteiger partial charge in [0.15, 0.2) is 0 Å². The normalized spacial score (nSPS) is 17.3. The van der Waals surface area contributed by atoms with Crippen LogP contribution >= 0.6 is 11.6 Å². The molecule has 1 aliphatic heterocycles. The monoisotopic (exact) mass is 521 g/mol. The highest BCUT2D eigenvalue weighted by atomic mass is 35.5. The first kappa shape index (κ1) is 25.9. The number of hydrogen-bond acceptors (Lipinski definition) is 4. The van der Waals surface area contributed by atoms with E-state index < -0.39 is 23.3 Å². The first-order valence-corrected chi connectivity index (χ1v) is 11.9. The van der Waals surface area contributed by atoms with Crippen molar-refractivity contribution in [3.8, 4) is 11.8 Å². The van der Waals surface area contributed by atoms with Crippen molar-refractivity contribution < 1.29 is 18.8 Å². The molecule has 1 saturated heterocycles. The molecule has 0 bridgehead atoms. The Balaban J connectivity index is 1.61. The Morgan fingerprint density at radius 2 is 1.92 bits per heavy atom. The predicted octanol–water partition coefficient (Wildman–Crippen LogP) is 3.87. The van der Waals surface area contributed by atoms with Gasteiger partial charge in [-0.2, -0.15) is 5.10 Å². The molecule has 190 valence electrons. The maximum Gasteiger partial charge on any atom is 0.325 e. The highest BCUT2D eigenvalue weighted by Gasteiger charge is 2.49. The zero-order valence-electron chi connectivity index (χ0n) is 20.6. The molecule has 0 saturated carbocycles. The zero-order valence-corrected chi connectivity index (χ0v) is 21.4. The number of carbonyl (C=O) groups is 3. The largest absolute Gasteiger partial charge is 0.325 e. The topological polar surface area (TPSA) is 78.8 Å². The molecule has 0 radical (unpaired) electrons. The number of aldehydes is 1. The van der Waals surface area contributed by atoms with Gasteiger partial charge in [0.1, 0.15) is 17.6 Å². The Kier molecular flexibility index (Phi) is 7.32. The van der Waals surface area contributed by atoms with E-state index in [1.54, 1.807) is 24.1 Å². The van der Waals surface area contributed by atoms with Gasteiger partial charge >= 0.3 is 6.03 Å². The summed E-state index contributed by atoms with van der Waals surface area (Å²) in [6.07, 6.45) is 3.59. The molecule has 0 N–H and O–H groups in total. The van der Waals surface area contributed by atoms with Crippen LogP contribution in [-0.4, -0.2) is 58.6 Å². The van der Waals surface area contributed by atoms with E-state index in [1.807, 2.05) is 30.3 Å². The molecule has 10 heteroatoms. The number of hydrogen-bond donors (Lipinski definition) is 0. The van der Waals surface area contributed by atoms with E-state index in [0.29, 0.717) is 17.5 Å². The number of benzene rings is 2. The number of urea groups is 1. The van der Waals surface area contributed by atoms with Gasteiger partial charge in [-0.1, -0.05) is 41.6 Å². The van der Waals surface area contributed by atoms with Crippen LogP contribution in [0.4, 0.5) is 20.6 Å². The summed E-state index contributed by atoms with van der Waals surface area (Å²) in [5.74, 6) is 4.65. The number of piperazine rings is 1. The summed E-state index contributed by atoms with van der Waals surface area (Å²) >= 11 is 6.40. The minimum Gasteiger partial charge on any atom is -0.308 e. The van der Waals surface area contributed by atoms with Crippen LogP contribution in [0.5, 0.6) is 0 Å². The van der Waals surface area contributed by atoms with Crippen LogP contribution in [0.25, 0.3) is 0 Å². The minimum absolute atomic E-state index is 0.00868. The second-order valence-electron chi connectivity index (χ2n) is 8.87. The van der Waals surface area contributed by atoms with Crippen LogP contribution in [-0.2, 0) is 16.6 Å². The molecule has 1 aromatic heterocycles. The van der Waals surface area contributed by atoms with Gasteiger partial charge in [0.2, 0.25) is 0 Å². The van der Waals surface area contributed by atoms with Crippen molar-refractivity contribution in [2.45, 2.75) is 18.9 Å². The van der Waals surface area contributed by atoms with Crippen molar-refractivity contribution in [2.75, 3.05) is 29.9 Å². The van der Waals surface area contributed by atoms with Crippen LogP contribution < -0.4 is 9.80 Å². The highest BCUT2D eigenvalue weighted by Crippen LogP contribution is 2.34. The van der Waals surface area contributed by atoms with E-state index >= 15 is 4.39 Å². The van der Waals surface area contributed by atoms with Crippen molar-refractivity contribution in [1.82, 2.24) is 14.7 Å². The standard InChI is InChI=1S/C27H25ClFN5O3/c1-27(11-14-35)25(36)33(21-17-30-31(2)18-21)12-13-34(27)26(37)32(3)24-22(28)15-20(16-23(24)29)10-9-19-7-5-4-6-8-19/h4-8,14-18H,11-13H2,1-3H3. The summed E-state index contributed by atoms with van der Waals surface area (Å²) in [5, 5.41) is 4.09. The smallest absolute Gasteiger partial charge is 0.308 e. The van der Waals surface area contributed by atoms with Crippen molar-refractivity contribution in [3.05, 3.63) is 76.8 Å². The Morgan fingerprint density at radius 3 is 2.54 bits per heavy atom. The average molecular weight is 522 g/mol. The lowest BCUT2D eigenvalue weighted by Gasteiger charge is -2.47. The molecule has 1 fully saturated rings. The van der Waals surface area contributed by atoms with Crippen molar-refractivity contribution in [3.63, 3.8) is 0 Å². The fraction of sp³-hybridized carbons (Fsp3) is 0.259. The Morgan fingerprint density at radius 1 is 1.22 bits per heavy atom. The molecule has 1 atom stereocenters. The van der Waals surface area contributed by atoms with Crippen molar-refractivity contribution >= 4 is 41.2 Å². The van der Waals surface area contributed by atoms with E-state index in [9.17, 15) is 14.4 Å². The average Bonchev–Trinajstić information content (AvgIpc) is 3.30. The summed E-state index contributed by atoms with van der Waals surface area (Å²) < 4.78 is 16.8. The molecule has 2 aromatic carbocycles. The van der Waals surface area contributed by atoms with E-state index in [-0.39, 0.29) is 30.2 Å². The first-order valence-electron chi connectivity index (χ1n) is 11.5. The maximum absolute atomic E-state index is 15.2. The van der Waals surface area contributed by atoms with Crippen LogP contribution in [0, 0.1) is 17.7 Å². The SMILES string of the molecule is CN(C(=O)N1CCN(c2cnn(C)c2)C(=O)C1(C)CC=O)c1c(F)cc(C#Cc2ccccc2)cc1Cl. The third kappa shape index (κ3) is 5.06. The fourth-order valence-corrected chi connectivity index (χ4v) is 4.65. The molecule has 2 heterocycles. The van der Waals surface area contributed by atoms with Gasteiger partial charge in [0.25, 0.3) is 5.91 Å². The lowest BCUT2D eigenvalue weighted by atomic mass is 9.91. The number of rotatable bonds is 4. The molecule has 0 aliphatic carbocycles. The molecule has 8 nitrogen and oxygen atoms in total. The summed E-state index contributed by atoms with van der Waals surface area (Å²) in [4.78, 5) is 42.5. The highest BCUT2D eigenvalue weighted by molar-refractivity contribution is 6.34. The molecular formula is C27H25ClFN5O3. The molecule has 1 unspecified atom stereocenters. The minimum atomic E-state index is -1.48. The molecule has 0 spiro atoms. The van der Waals surface area contributed by atoms with Gasteiger partial charge in [-0.3, -0.25) is 14.4 Å². The molecule has 3 aromatic rings. The van der Waals surface area contributed by atoms with Crippen LogP contribution in [0.3, 0.4) is 0 Å². The van der Waals surface area contributed by atoms with Crippen LogP contribution in [0.2, 0.25) is 5.02 Å². The fourth-order valence-electron chi connectivity index (χ4n) is 4.32. The van der Waals surface area contributed by atoms with Gasteiger partial charge in [-0.15, -0.1) is 0 Å². The van der Waals surface area contributed by atoms with Gasteiger partial charge < -0.3 is 14.6 Å². The summed E-state index contributed by atoms with van der Waals surface area (Å²) in [7, 11) is 3.10. The third-order valence-corrected chi connectivity index (χ3v) is 6.62. The Hall–Kier alpha value is -4.16. The second-order valence-corrected chi connectivity index (χ2v) is 9.28. The number of halogens is 2. The molecule has 3 amide bonds. The third-order valence-electron chi connectivity index (χ3n) is 6.33. The maximum atomic E-state index is 15.2. The zero-order chi connectivity index (χ0) is 26.7.